The number of amides is 3. The maximum atomic E-state index is 13.3. The average Bonchev–Trinajstić information content (AvgIpc) is 2.38. The Labute approximate surface area is 116 Å². The van der Waals surface area contributed by atoms with Gasteiger partial charge in [-0.1, -0.05) is 12.1 Å². The van der Waals surface area contributed by atoms with Gasteiger partial charge >= 0.3 is 6.03 Å². The van der Waals surface area contributed by atoms with Gasteiger partial charge in [0.15, 0.2) is 11.6 Å². The highest BCUT2D eigenvalue weighted by atomic mass is 19.1. The molecular formula is C13H18FN3O3. The lowest BCUT2D eigenvalue weighted by Crippen LogP contribution is -2.37. The fourth-order valence-electron chi connectivity index (χ4n) is 1.48. The first-order valence-corrected chi connectivity index (χ1v) is 6.14. The molecular weight excluding hydrogens is 265 g/mol. The highest BCUT2D eigenvalue weighted by Crippen LogP contribution is 2.14. The molecule has 0 fully saturated rings. The summed E-state index contributed by atoms with van der Waals surface area (Å²) in [6.07, 6.45) is 0.152. The first-order valence-electron chi connectivity index (χ1n) is 6.14. The summed E-state index contributed by atoms with van der Waals surface area (Å²) in [5.41, 5.74) is 4.82. The lowest BCUT2D eigenvalue weighted by Gasteiger charge is -2.16. The summed E-state index contributed by atoms with van der Waals surface area (Å²) in [7, 11) is 1.79. The summed E-state index contributed by atoms with van der Waals surface area (Å²) in [6, 6.07) is 5.30. The van der Waals surface area contributed by atoms with Crippen molar-refractivity contribution in [3.05, 3.63) is 30.1 Å². The van der Waals surface area contributed by atoms with Gasteiger partial charge in [0, 0.05) is 19.5 Å². The zero-order valence-corrected chi connectivity index (χ0v) is 11.3. The molecule has 1 aromatic carbocycles. The molecule has 0 radical (unpaired) electrons. The molecule has 20 heavy (non-hydrogen) atoms. The van der Waals surface area contributed by atoms with Crippen molar-refractivity contribution in [1.29, 1.82) is 0 Å². The molecule has 3 amide bonds. The van der Waals surface area contributed by atoms with Crippen LogP contribution in [0.5, 0.6) is 5.75 Å². The third-order valence-corrected chi connectivity index (χ3v) is 2.55. The van der Waals surface area contributed by atoms with Crippen molar-refractivity contribution in [2.24, 2.45) is 5.73 Å². The maximum absolute atomic E-state index is 13.3. The number of likely N-dealkylation sites (N-methyl/N-ethyl adjacent to an activating group) is 1. The standard InChI is InChI=1S/C13H18FN3O3/c1-17(7-6-12(18)16-13(15)19)8-9-20-11-5-3-2-4-10(11)14/h2-5H,6-9H2,1H3,(H3,15,16,18,19). The highest BCUT2D eigenvalue weighted by Gasteiger charge is 2.07. The minimum Gasteiger partial charge on any atom is -0.489 e. The van der Waals surface area contributed by atoms with Crippen LogP contribution in [0.15, 0.2) is 24.3 Å². The second-order valence-corrected chi connectivity index (χ2v) is 4.24. The third kappa shape index (κ3) is 6.14. The molecule has 110 valence electrons. The SMILES string of the molecule is CN(CCOc1ccccc1F)CCC(=O)NC(N)=O. The summed E-state index contributed by atoms with van der Waals surface area (Å²) in [5.74, 6) is -0.636. The number of para-hydroxylation sites is 1. The predicted octanol–water partition coefficient (Wildman–Crippen LogP) is 0.721. The molecule has 0 unspecified atom stereocenters. The van der Waals surface area contributed by atoms with Crippen molar-refractivity contribution in [1.82, 2.24) is 10.2 Å². The van der Waals surface area contributed by atoms with Crippen LogP contribution in [0.25, 0.3) is 0 Å². The highest BCUT2D eigenvalue weighted by molar-refractivity contribution is 5.93. The van der Waals surface area contributed by atoms with Gasteiger partial charge in [0.05, 0.1) is 0 Å². The zero-order valence-electron chi connectivity index (χ0n) is 11.3. The van der Waals surface area contributed by atoms with Gasteiger partial charge < -0.3 is 15.4 Å². The van der Waals surface area contributed by atoms with E-state index < -0.39 is 17.8 Å². The summed E-state index contributed by atoms with van der Waals surface area (Å²) in [5, 5.41) is 1.98. The fourth-order valence-corrected chi connectivity index (χ4v) is 1.48. The average molecular weight is 283 g/mol. The van der Waals surface area contributed by atoms with Gasteiger partial charge in [0.2, 0.25) is 5.91 Å². The number of nitrogens with one attached hydrogen (secondary N) is 1. The number of primary amides is 1. The van der Waals surface area contributed by atoms with E-state index in [-0.39, 0.29) is 12.2 Å². The molecule has 1 rings (SSSR count). The Morgan fingerprint density at radius 1 is 1.35 bits per heavy atom. The first-order chi connectivity index (χ1) is 9.49. The lowest BCUT2D eigenvalue weighted by atomic mass is 10.3. The van der Waals surface area contributed by atoms with Crippen LogP contribution in [-0.4, -0.2) is 43.6 Å². The quantitative estimate of drug-likeness (QED) is 0.772. The minimum absolute atomic E-state index is 0.152. The number of rotatable bonds is 7. The molecule has 0 aliphatic heterocycles. The molecule has 0 aliphatic rings. The number of hydrogen-bond donors (Lipinski definition) is 2. The van der Waals surface area contributed by atoms with Crippen molar-refractivity contribution < 1.29 is 18.7 Å². The number of hydrogen-bond acceptors (Lipinski definition) is 4. The number of ether oxygens (including phenoxy) is 1. The Morgan fingerprint density at radius 3 is 2.70 bits per heavy atom. The largest absolute Gasteiger partial charge is 0.489 e. The van der Waals surface area contributed by atoms with E-state index in [0.717, 1.165) is 0 Å². The Bertz CT molecular complexity index is 468. The minimum atomic E-state index is -0.861. The van der Waals surface area contributed by atoms with E-state index in [4.69, 9.17) is 10.5 Å². The summed E-state index contributed by atoms with van der Waals surface area (Å²) >= 11 is 0. The second kappa shape index (κ2) is 8.11. The normalized spacial score (nSPS) is 10.3. The Hall–Kier alpha value is -2.15. The molecule has 0 spiro atoms. The van der Waals surface area contributed by atoms with Gasteiger partial charge in [-0.05, 0) is 19.2 Å². The monoisotopic (exact) mass is 283 g/mol. The molecule has 0 heterocycles. The second-order valence-electron chi connectivity index (χ2n) is 4.24. The smallest absolute Gasteiger partial charge is 0.318 e. The van der Waals surface area contributed by atoms with E-state index >= 15 is 0 Å². The number of nitrogens with two attached hydrogens (primary N) is 1. The van der Waals surface area contributed by atoms with E-state index in [9.17, 15) is 14.0 Å². The number of benzene rings is 1. The van der Waals surface area contributed by atoms with Crippen molar-refractivity contribution in [2.75, 3.05) is 26.7 Å². The lowest BCUT2D eigenvalue weighted by molar-refractivity contribution is -0.120. The molecule has 0 atom stereocenters. The summed E-state index contributed by atoms with van der Waals surface area (Å²) < 4.78 is 18.5. The number of imide groups is 1. The molecule has 0 saturated carbocycles. The van der Waals surface area contributed by atoms with Gasteiger partial charge in [0.25, 0.3) is 0 Å². The molecule has 7 heteroatoms. The summed E-state index contributed by atoms with van der Waals surface area (Å²) in [4.78, 5) is 23.4. The van der Waals surface area contributed by atoms with E-state index in [1.807, 2.05) is 10.2 Å². The van der Waals surface area contributed by atoms with Gasteiger partial charge in [-0.25, -0.2) is 9.18 Å². The number of carbonyl (C=O) groups excluding carboxylic acids is 2. The molecule has 3 N–H and O–H groups in total. The zero-order chi connectivity index (χ0) is 15.0. The number of carbonyl (C=O) groups is 2. The number of nitrogens with zero attached hydrogens (tertiary/aromatic N) is 1. The van der Waals surface area contributed by atoms with Crippen LogP contribution in [0.3, 0.4) is 0 Å². The van der Waals surface area contributed by atoms with E-state index in [1.165, 1.54) is 6.07 Å². The van der Waals surface area contributed by atoms with Crippen molar-refractivity contribution in [2.45, 2.75) is 6.42 Å². The van der Waals surface area contributed by atoms with Crippen LogP contribution < -0.4 is 15.8 Å². The molecule has 6 nitrogen and oxygen atoms in total. The topological polar surface area (TPSA) is 84.7 Å². The fraction of sp³-hybridized carbons (Fsp3) is 0.385. The Kier molecular flexibility index (Phi) is 6.45. The molecule has 0 saturated heterocycles. The summed E-state index contributed by atoms with van der Waals surface area (Å²) in [6.45, 7) is 1.27. The van der Waals surface area contributed by atoms with Crippen LogP contribution in [0.1, 0.15) is 6.42 Å². The Morgan fingerprint density at radius 2 is 2.05 bits per heavy atom. The molecule has 0 aromatic heterocycles. The molecule has 0 aliphatic carbocycles. The number of halogens is 1. The van der Waals surface area contributed by atoms with E-state index in [0.29, 0.717) is 19.7 Å². The van der Waals surface area contributed by atoms with Crippen LogP contribution in [-0.2, 0) is 4.79 Å². The maximum Gasteiger partial charge on any atom is 0.318 e. The van der Waals surface area contributed by atoms with Gasteiger partial charge in [0.1, 0.15) is 6.61 Å². The number of urea groups is 1. The Balaban J connectivity index is 2.20. The van der Waals surface area contributed by atoms with Crippen molar-refractivity contribution >= 4 is 11.9 Å². The first kappa shape index (κ1) is 15.9. The van der Waals surface area contributed by atoms with Gasteiger partial charge in [-0.3, -0.25) is 10.1 Å². The van der Waals surface area contributed by atoms with E-state index in [1.54, 1.807) is 25.2 Å². The van der Waals surface area contributed by atoms with Gasteiger partial charge in [-0.2, -0.15) is 0 Å². The van der Waals surface area contributed by atoms with Crippen molar-refractivity contribution in [3.63, 3.8) is 0 Å². The van der Waals surface area contributed by atoms with Crippen molar-refractivity contribution in [3.8, 4) is 5.75 Å². The predicted molar refractivity (Wildman–Crippen MR) is 71.7 cm³/mol. The van der Waals surface area contributed by atoms with Gasteiger partial charge in [-0.15, -0.1) is 0 Å². The van der Waals surface area contributed by atoms with Crippen LogP contribution in [0, 0.1) is 5.82 Å². The van der Waals surface area contributed by atoms with E-state index in [2.05, 4.69) is 0 Å². The van der Waals surface area contributed by atoms with Crippen LogP contribution >= 0.6 is 0 Å². The molecule has 0 bridgehead atoms. The third-order valence-electron chi connectivity index (χ3n) is 2.55. The van der Waals surface area contributed by atoms with Crippen LogP contribution in [0.4, 0.5) is 9.18 Å². The molecule has 1 aromatic rings. The van der Waals surface area contributed by atoms with Crippen LogP contribution in [0.2, 0.25) is 0 Å².